The van der Waals surface area contributed by atoms with E-state index in [4.69, 9.17) is 16.3 Å². The van der Waals surface area contributed by atoms with Crippen LogP contribution in [0.2, 0.25) is 5.02 Å². The number of hydrogen-bond donors (Lipinski definition) is 1. The minimum Gasteiger partial charge on any atom is -0.492 e. The lowest BCUT2D eigenvalue weighted by Crippen LogP contribution is -2.38. The van der Waals surface area contributed by atoms with Crippen LogP contribution in [-0.2, 0) is 4.79 Å². The Morgan fingerprint density at radius 2 is 1.84 bits per heavy atom. The van der Waals surface area contributed by atoms with Gasteiger partial charge in [-0.1, -0.05) is 23.7 Å². The summed E-state index contributed by atoms with van der Waals surface area (Å²) in [6.45, 7) is 3.02. The van der Waals surface area contributed by atoms with E-state index >= 15 is 0 Å². The van der Waals surface area contributed by atoms with Gasteiger partial charge in [0.15, 0.2) is 0 Å². The van der Waals surface area contributed by atoms with E-state index in [1.165, 1.54) is 12.1 Å². The van der Waals surface area contributed by atoms with Gasteiger partial charge >= 0.3 is 0 Å². The lowest BCUT2D eigenvalue weighted by Gasteiger charge is -2.24. The van der Waals surface area contributed by atoms with Crippen molar-refractivity contribution in [3.63, 3.8) is 0 Å². The van der Waals surface area contributed by atoms with Gasteiger partial charge in [0.25, 0.3) is 0 Å². The summed E-state index contributed by atoms with van der Waals surface area (Å²) in [5.41, 5.74) is 0.961. The van der Waals surface area contributed by atoms with Crippen LogP contribution in [0.4, 0.5) is 4.39 Å². The van der Waals surface area contributed by atoms with E-state index in [0.29, 0.717) is 23.9 Å². The van der Waals surface area contributed by atoms with Crippen LogP contribution in [0.15, 0.2) is 48.5 Å². The van der Waals surface area contributed by atoms with Crippen LogP contribution in [0.5, 0.6) is 5.75 Å². The van der Waals surface area contributed by atoms with Gasteiger partial charge in [0.05, 0.1) is 13.1 Å². The molecule has 0 spiro atoms. The van der Waals surface area contributed by atoms with Crippen LogP contribution in [0.25, 0.3) is 0 Å². The van der Waals surface area contributed by atoms with Crippen LogP contribution >= 0.6 is 11.6 Å². The number of likely N-dealkylation sites (N-methyl/N-ethyl adjacent to an activating group) is 1. The first kappa shape index (κ1) is 19.2. The summed E-state index contributed by atoms with van der Waals surface area (Å²) in [6, 6.07) is 13.4. The fourth-order valence-corrected chi connectivity index (χ4v) is 2.43. The van der Waals surface area contributed by atoms with Crippen molar-refractivity contribution in [2.24, 2.45) is 0 Å². The summed E-state index contributed by atoms with van der Waals surface area (Å²) in [5.74, 6) is 0.355. The maximum atomic E-state index is 13.0. The smallest absolute Gasteiger partial charge is 0.234 e. The SMILES string of the molecule is CC(c1ccc(F)cc1)N(C)CC(=O)NCCOc1ccc(Cl)cc1. The number of nitrogens with one attached hydrogen (secondary N) is 1. The van der Waals surface area contributed by atoms with Crippen molar-refractivity contribution in [2.75, 3.05) is 26.7 Å². The molecule has 0 aliphatic rings. The second-order valence-electron chi connectivity index (χ2n) is 5.79. The molecule has 134 valence electrons. The Morgan fingerprint density at radius 1 is 1.20 bits per heavy atom. The summed E-state index contributed by atoms with van der Waals surface area (Å²) in [7, 11) is 1.86. The molecular weight excluding hydrogens is 343 g/mol. The van der Waals surface area contributed by atoms with Gasteiger partial charge in [-0.15, -0.1) is 0 Å². The summed E-state index contributed by atoms with van der Waals surface area (Å²) >= 11 is 5.80. The highest BCUT2D eigenvalue weighted by molar-refractivity contribution is 6.30. The first-order valence-electron chi connectivity index (χ1n) is 8.06. The Balaban J connectivity index is 1.70. The third-order valence-corrected chi connectivity index (χ3v) is 4.17. The number of amides is 1. The van der Waals surface area contributed by atoms with Gasteiger partial charge in [-0.25, -0.2) is 4.39 Å². The second kappa shape index (κ2) is 9.39. The van der Waals surface area contributed by atoms with Crippen molar-refractivity contribution in [1.82, 2.24) is 10.2 Å². The number of nitrogens with zero attached hydrogens (tertiary/aromatic N) is 1. The molecule has 0 aliphatic carbocycles. The van der Waals surface area contributed by atoms with Gasteiger partial charge < -0.3 is 10.1 Å². The number of hydrogen-bond acceptors (Lipinski definition) is 3. The van der Waals surface area contributed by atoms with Crippen LogP contribution < -0.4 is 10.1 Å². The predicted octanol–water partition coefficient (Wildman–Crippen LogP) is 3.67. The Hall–Kier alpha value is -2.11. The third-order valence-electron chi connectivity index (χ3n) is 3.91. The van der Waals surface area contributed by atoms with Gasteiger partial charge in [0.2, 0.25) is 5.91 Å². The van der Waals surface area contributed by atoms with Crippen molar-refractivity contribution in [1.29, 1.82) is 0 Å². The Morgan fingerprint density at radius 3 is 2.48 bits per heavy atom. The standard InChI is InChI=1S/C19H22ClFN2O2/c1-14(15-3-7-17(21)8-4-15)23(2)13-19(24)22-11-12-25-18-9-5-16(20)6-10-18/h3-10,14H,11-13H2,1-2H3,(H,22,24). The van der Waals surface area contributed by atoms with Gasteiger partial charge in [0.1, 0.15) is 18.2 Å². The second-order valence-corrected chi connectivity index (χ2v) is 6.23. The van der Waals surface area contributed by atoms with Gasteiger partial charge in [-0.3, -0.25) is 9.69 Å². The summed E-state index contributed by atoms with van der Waals surface area (Å²) in [4.78, 5) is 13.9. The molecule has 0 radical (unpaired) electrons. The molecule has 2 aromatic rings. The third kappa shape index (κ3) is 6.36. The molecule has 0 aliphatic heterocycles. The number of ether oxygens (including phenoxy) is 1. The van der Waals surface area contributed by atoms with E-state index in [1.54, 1.807) is 36.4 Å². The van der Waals surface area contributed by atoms with Gasteiger partial charge in [0, 0.05) is 11.1 Å². The Kier molecular flexibility index (Phi) is 7.22. The highest BCUT2D eigenvalue weighted by atomic mass is 35.5. The van der Waals surface area contributed by atoms with E-state index in [0.717, 1.165) is 5.56 Å². The van der Waals surface area contributed by atoms with Crippen molar-refractivity contribution in [3.8, 4) is 5.75 Å². The normalized spacial score (nSPS) is 12.0. The number of rotatable bonds is 8. The zero-order valence-electron chi connectivity index (χ0n) is 14.3. The Labute approximate surface area is 152 Å². The zero-order chi connectivity index (χ0) is 18.2. The highest BCUT2D eigenvalue weighted by Crippen LogP contribution is 2.18. The first-order chi connectivity index (χ1) is 12.0. The van der Waals surface area contributed by atoms with Crippen molar-refractivity contribution < 1.29 is 13.9 Å². The van der Waals surface area contributed by atoms with Crippen LogP contribution in [0.1, 0.15) is 18.5 Å². The average molecular weight is 365 g/mol. The van der Waals surface area contributed by atoms with Gasteiger partial charge in [-0.05, 0) is 55.9 Å². The van der Waals surface area contributed by atoms with E-state index in [9.17, 15) is 9.18 Å². The maximum absolute atomic E-state index is 13.0. The fraction of sp³-hybridized carbons (Fsp3) is 0.316. The molecule has 0 fully saturated rings. The molecule has 0 saturated heterocycles. The van der Waals surface area contributed by atoms with Crippen LogP contribution in [-0.4, -0.2) is 37.6 Å². The van der Waals surface area contributed by atoms with E-state index < -0.39 is 0 Å². The first-order valence-corrected chi connectivity index (χ1v) is 8.44. The van der Waals surface area contributed by atoms with Crippen molar-refractivity contribution in [2.45, 2.75) is 13.0 Å². The van der Waals surface area contributed by atoms with Crippen molar-refractivity contribution >= 4 is 17.5 Å². The average Bonchev–Trinajstić information content (AvgIpc) is 2.60. The van der Waals surface area contributed by atoms with E-state index in [-0.39, 0.29) is 24.3 Å². The molecule has 0 bridgehead atoms. The largest absolute Gasteiger partial charge is 0.492 e. The van der Waals surface area contributed by atoms with Crippen LogP contribution in [0, 0.1) is 5.82 Å². The van der Waals surface area contributed by atoms with Gasteiger partial charge in [-0.2, -0.15) is 0 Å². The molecule has 1 amide bonds. The van der Waals surface area contributed by atoms with E-state index in [1.807, 2.05) is 18.9 Å². The zero-order valence-corrected chi connectivity index (χ0v) is 15.1. The molecule has 1 N–H and O–H groups in total. The number of carbonyl (C=O) groups is 1. The lowest BCUT2D eigenvalue weighted by atomic mass is 10.1. The minimum atomic E-state index is -0.267. The molecule has 6 heteroatoms. The highest BCUT2D eigenvalue weighted by Gasteiger charge is 2.14. The monoisotopic (exact) mass is 364 g/mol. The van der Waals surface area contributed by atoms with Crippen molar-refractivity contribution in [3.05, 3.63) is 64.9 Å². The molecule has 1 unspecified atom stereocenters. The minimum absolute atomic E-state index is 0.0108. The number of carbonyl (C=O) groups excluding carboxylic acids is 1. The number of benzene rings is 2. The molecule has 2 rings (SSSR count). The quantitative estimate of drug-likeness (QED) is 0.727. The van der Waals surface area contributed by atoms with Crippen LogP contribution in [0.3, 0.4) is 0 Å². The topological polar surface area (TPSA) is 41.6 Å². The molecule has 0 aromatic heterocycles. The molecule has 4 nitrogen and oxygen atoms in total. The maximum Gasteiger partial charge on any atom is 0.234 e. The molecule has 1 atom stereocenters. The molecule has 2 aromatic carbocycles. The summed E-state index contributed by atoms with van der Waals surface area (Å²) in [6.07, 6.45) is 0. The predicted molar refractivity (Wildman–Crippen MR) is 97.4 cm³/mol. The molecule has 0 heterocycles. The molecule has 25 heavy (non-hydrogen) atoms. The molecular formula is C19H22ClFN2O2. The summed E-state index contributed by atoms with van der Waals surface area (Å²) in [5, 5.41) is 3.47. The lowest BCUT2D eigenvalue weighted by molar-refractivity contribution is -0.122. The fourth-order valence-electron chi connectivity index (χ4n) is 2.31. The number of halogens is 2. The Bertz CT molecular complexity index is 677. The molecule has 0 saturated carbocycles. The summed E-state index contributed by atoms with van der Waals surface area (Å²) < 4.78 is 18.5. The van der Waals surface area contributed by atoms with E-state index in [2.05, 4.69) is 5.32 Å².